The number of halogens is 2. The number of hydrogen-bond acceptors (Lipinski definition) is 3. The van der Waals surface area contributed by atoms with E-state index >= 15 is 0 Å². The van der Waals surface area contributed by atoms with Crippen molar-refractivity contribution in [3.05, 3.63) is 40.0 Å². The molecule has 0 N–H and O–H groups in total. The van der Waals surface area contributed by atoms with Crippen LogP contribution in [-0.2, 0) is 4.74 Å². The molecule has 1 saturated heterocycles. The minimum Gasteiger partial charge on any atom is -0.359 e. The highest BCUT2D eigenvalue weighted by molar-refractivity contribution is 6.33. The molecule has 1 fully saturated rings. The van der Waals surface area contributed by atoms with E-state index in [0.29, 0.717) is 17.3 Å². The summed E-state index contributed by atoms with van der Waals surface area (Å²) in [6, 6.07) is 6.75. The largest absolute Gasteiger partial charge is 0.359 e. The number of rotatable bonds is 3. The first-order chi connectivity index (χ1) is 10.8. The zero-order valence-corrected chi connectivity index (χ0v) is 14.9. The Balaban J connectivity index is 2.31. The van der Waals surface area contributed by atoms with E-state index in [2.05, 4.69) is 11.7 Å². The molecule has 0 spiro atoms. The van der Waals surface area contributed by atoms with Gasteiger partial charge in [0.05, 0.1) is 12.1 Å². The van der Waals surface area contributed by atoms with E-state index in [4.69, 9.17) is 27.9 Å². The molecule has 0 atom stereocenters. The number of ether oxygens (including phenoxy) is 1. The molecular weight excluding hydrogens is 337 g/mol. The summed E-state index contributed by atoms with van der Waals surface area (Å²) in [4.78, 5) is 19.6. The van der Waals surface area contributed by atoms with Crippen LogP contribution < -0.4 is 0 Å². The number of carbonyl (C=O) groups excluding carboxylic acids is 1. The van der Waals surface area contributed by atoms with E-state index in [-0.39, 0.29) is 23.5 Å². The summed E-state index contributed by atoms with van der Waals surface area (Å²) < 4.78 is 5.38. The fraction of sp³-hybridized carbons (Fsp3) is 0.375. The third-order valence-electron chi connectivity index (χ3n) is 3.69. The third kappa shape index (κ3) is 3.68. The molecule has 1 heterocycles. The van der Waals surface area contributed by atoms with Crippen molar-refractivity contribution in [3.8, 4) is 0 Å². The van der Waals surface area contributed by atoms with Crippen molar-refractivity contribution in [2.24, 2.45) is 4.99 Å². The Bertz CT molecular complexity index is 641. The average Bonchev–Trinajstić information content (AvgIpc) is 2.87. The lowest BCUT2D eigenvalue weighted by Crippen LogP contribution is -2.49. The summed E-state index contributed by atoms with van der Waals surface area (Å²) >= 11 is 12.3. The number of carbonyl (C=O) groups is 1. The molecule has 0 aliphatic carbocycles. The maximum atomic E-state index is 12.7. The second-order valence-corrected chi connectivity index (χ2v) is 6.66. The standard InChI is InChI=1S/C16H19Cl2N3O2/c1-16(2)9-23-10-21(16)15(22)20(4)14(18)13(19-3)11-5-7-12(17)8-6-11/h5-8H,3,9-10H2,1-2,4H3. The maximum absolute atomic E-state index is 12.7. The topological polar surface area (TPSA) is 45.1 Å². The first kappa shape index (κ1) is 17.8. The van der Waals surface area contributed by atoms with Gasteiger partial charge in [-0.2, -0.15) is 0 Å². The van der Waals surface area contributed by atoms with Gasteiger partial charge in [-0.15, -0.1) is 0 Å². The highest BCUT2D eigenvalue weighted by atomic mass is 35.5. The fourth-order valence-electron chi connectivity index (χ4n) is 2.26. The van der Waals surface area contributed by atoms with E-state index in [1.807, 2.05) is 13.8 Å². The lowest BCUT2D eigenvalue weighted by atomic mass is 10.1. The van der Waals surface area contributed by atoms with E-state index in [9.17, 15) is 4.79 Å². The first-order valence-electron chi connectivity index (χ1n) is 7.03. The number of amides is 2. The first-order valence-corrected chi connectivity index (χ1v) is 7.79. The van der Waals surface area contributed by atoms with Crippen LogP contribution in [0.2, 0.25) is 5.02 Å². The van der Waals surface area contributed by atoms with Crippen molar-refractivity contribution in [2.75, 3.05) is 20.4 Å². The molecule has 1 aromatic rings. The molecule has 2 amide bonds. The molecule has 1 aliphatic rings. The van der Waals surface area contributed by atoms with Gasteiger partial charge in [0.15, 0.2) is 0 Å². The van der Waals surface area contributed by atoms with Crippen LogP contribution in [-0.4, -0.2) is 48.5 Å². The zero-order chi connectivity index (χ0) is 17.2. The zero-order valence-electron chi connectivity index (χ0n) is 13.3. The van der Waals surface area contributed by atoms with E-state index in [1.165, 1.54) is 4.90 Å². The summed E-state index contributed by atoms with van der Waals surface area (Å²) in [6.07, 6.45) is 0. The van der Waals surface area contributed by atoms with Gasteiger partial charge >= 0.3 is 6.03 Å². The second kappa shape index (κ2) is 6.91. The van der Waals surface area contributed by atoms with Gasteiger partial charge in [0.25, 0.3) is 0 Å². The summed E-state index contributed by atoms with van der Waals surface area (Å²) in [5, 5.41) is 0.795. The van der Waals surface area contributed by atoms with Crippen LogP contribution in [0.3, 0.4) is 0 Å². The molecule has 2 rings (SSSR count). The van der Waals surface area contributed by atoms with Crippen LogP contribution in [0.1, 0.15) is 19.4 Å². The van der Waals surface area contributed by atoms with Crippen LogP contribution in [0.15, 0.2) is 34.4 Å². The second-order valence-electron chi connectivity index (χ2n) is 5.86. The Kier molecular flexibility index (Phi) is 5.34. The Morgan fingerprint density at radius 1 is 1.39 bits per heavy atom. The van der Waals surface area contributed by atoms with Crippen molar-refractivity contribution < 1.29 is 9.53 Å². The Labute approximate surface area is 146 Å². The highest BCUT2D eigenvalue weighted by Gasteiger charge is 2.38. The normalized spacial score (nSPS) is 17.7. The van der Waals surface area contributed by atoms with Crippen molar-refractivity contribution in [3.63, 3.8) is 0 Å². The van der Waals surface area contributed by atoms with Crippen LogP contribution in [0, 0.1) is 0 Å². The predicted octanol–water partition coefficient (Wildman–Crippen LogP) is 4.03. The van der Waals surface area contributed by atoms with Crippen molar-refractivity contribution in [1.82, 2.24) is 9.80 Å². The molecule has 1 aliphatic heterocycles. The van der Waals surface area contributed by atoms with Gasteiger partial charge in [-0.05, 0) is 32.7 Å². The molecule has 0 aromatic heterocycles. The molecule has 0 unspecified atom stereocenters. The van der Waals surface area contributed by atoms with Gasteiger partial charge in [-0.1, -0.05) is 35.3 Å². The SMILES string of the molecule is C=NC(=C(Cl)N(C)C(=O)N1COCC1(C)C)c1ccc(Cl)cc1. The van der Waals surface area contributed by atoms with Gasteiger partial charge < -0.3 is 4.74 Å². The lowest BCUT2D eigenvalue weighted by molar-refractivity contribution is 0.125. The Morgan fingerprint density at radius 3 is 2.48 bits per heavy atom. The lowest BCUT2D eigenvalue weighted by Gasteiger charge is -2.32. The van der Waals surface area contributed by atoms with Gasteiger partial charge in [0, 0.05) is 17.6 Å². The predicted molar refractivity (Wildman–Crippen MR) is 93.7 cm³/mol. The quantitative estimate of drug-likeness (QED) is 0.606. The van der Waals surface area contributed by atoms with Gasteiger partial charge in [0.1, 0.15) is 17.6 Å². The van der Waals surface area contributed by atoms with E-state index < -0.39 is 0 Å². The molecule has 0 radical (unpaired) electrons. The van der Waals surface area contributed by atoms with Gasteiger partial charge in [-0.25, -0.2) is 4.79 Å². The molecule has 7 heteroatoms. The van der Waals surface area contributed by atoms with Crippen LogP contribution in [0.5, 0.6) is 0 Å². The number of benzene rings is 1. The maximum Gasteiger partial charge on any atom is 0.327 e. The van der Waals surface area contributed by atoms with Crippen molar-refractivity contribution >= 4 is 41.6 Å². The Morgan fingerprint density at radius 2 is 2.00 bits per heavy atom. The average molecular weight is 356 g/mol. The molecule has 5 nitrogen and oxygen atoms in total. The number of aliphatic imine (C=N–C) groups is 1. The summed E-state index contributed by atoms with van der Waals surface area (Å²) in [5.41, 5.74) is 0.757. The van der Waals surface area contributed by atoms with Crippen molar-refractivity contribution in [2.45, 2.75) is 19.4 Å². The minimum atomic E-state index is -0.384. The van der Waals surface area contributed by atoms with Gasteiger partial charge in [0.2, 0.25) is 0 Å². The van der Waals surface area contributed by atoms with E-state index in [1.54, 1.807) is 36.2 Å². The fourth-order valence-corrected chi connectivity index (χ4v) is 2.63. The highest BCUT2D eigenvalue weighted by Crippen LogP contribution is 2.29. The molecule has 0 bridgehead atoms. The molecule has 1 aromatic carbocycles. The number of hydrogen-bond donors (Lipinski definition) is 0. The third-order valence-corrected chi connectivity index (χ3v) is 4.37. The van der Waals surface area contributed by atoms with Crippen LogP contribution in [0.25, 0.3) is 5.70 Å². The monoisotopic (exact) mass is 355 g/mol. The molecule has 23 heavy (non-hydrogen) atoms. The van der Waals surface area contributed by atoms with Crippen LogP contribution in [0.4, 0.5) is 4.79 Å². The van der Waals surface area contributed by atoms with Crippen LogP contribution >= 0.6 is 23.2 Å². The van der Waals surface area contributed by atoms with Crippen molar-refractivity contribution in [1.29, 1.82) is 0 Å². The molecule has 0 saturated carbocycles. The summed E-state index contributed by atoms with van der Waals surface area (Å²) in [6.45, 7) is 8.14. The minimum absolute atomic E-state index is 0.190. The summed E-state index contributed by atoms with van der Waals surface area (Å²) in [7, 11) is 1.60. The van der Waals surface area contributed by atoms with E-state index in [0.717, 1.165) is 5.56 Å². The van der Waals surface area contributed by atoms with Gasteiger partial charge in [-0.3, -0.25) is 14.8 Å². The molecule has 124 valence electrons. The smallest absolute Gasteiger partial charge is 0.327 e. The number of nitrogens with zero attached hydrogens (tertiary/aromatic N) is 3. The Hall–Kier alpha value is -1.56. The summed E-state index contributed by atoms with van der Waals surface area (Å²) in [5.74, 6) is 0. The molecular formula is C16H19Cl2N3O2. The number of urea groups is 1.